The van der Waals surface area contributed by atoms with Gasteiger partial charge in [-0.05, 0) is 56.9 Å². The van der Waals surface area contributed by atoms with Gasteiger partial charge in [0.1, 0.15) is 0 Å². The quantitative estimate of drug-likeness (QED) is 0.832. The SMILES string of the molecule is OC1CCCCC1CN1CCCC1C1CCCC1. The minimum atomic E-state index is -0.0106. The van der Waals surface area contributed by atoms with Gasteiger partial charge < -0.3 is 5.11 Å². The van der Waals surface area contributed by atoms with Gasteiger partial charge in [-0.15, -0.1) is 0 Å². The van der Waals surface area contributed by atoms with Crippen LogP contribution in [-0.4, -0.2) is 35.2 Å². The van der Waals surface area contributed by atoms with Crippen molar-refractivity contribution in [2.45, 2.75) is 76.4 Å². The molecule has 2 heteroatoms. The second-order valence-corrected chi connectivity index (χ2v) is 6.86. The molecule has 0 bridgehead atoms. The fourth-order valence-corrected chi connectivity index (χ4v) is 4.66. The highest BCUT2D eigenvalue weighted by Gasteiger charge is 2.35. The highest BCUT2D eigenvalue weighted by atomic mass is 16.3. The molecule has 0 aromatic carbocycles. The third kappa shape index (κ3) is 2.75. The zero-order chi connectivity index (χ0) is 12.4. The topological polar surface area (TPSA) is 23.5 Å². The average molecular weight is 251 g/mol. The average Bonchev–Trinajstić information content (AvgIpc) is 3.02. The summed E-state index contributed by atoms with van der Waals surface area (Å²) in [5.41, 5.74) is 0. The van der Waals surface area contributed by atoms with E-state index in [1.54, 1.807) is 0 Å². The highest BCUT2D eigenvalue weighted by Crippen LogP contribution is 2.36. The van der Waals surface area contributed by atoms with Crippen LogP contribution in [-0.2, 0) is 0 Å². The van der Waals surface area contributed by atoms with Crippen molar-refractivity contribution in [3.8, 4) is 0 Å². The molecule has 0 aromatic heterocycles. The summed E-state index contributed by atoms with van der Waals surface area (Å²) in [7, 11) is 0. The standard InChI is InChI=1S/C16H29NO/c18-16-10-4-3-8-14(16)12-17-11-5-9-15(17)13-6-1-2-7-13/h13-16,18H,1-12H2. The molecule has 1 aliphatic heterocycles. The second-order valence-electron chi connectivity index (χ2n) is 6.86. The van der Waals surface area contributed by atoms with Gasteiger partial charge in [-0.1, -0.05) is 25.7 Å². The first kappa shape index (κ1) is 12.9. The molecule has 3 fully saturated rings. The summed E-state index contributed by atoms with van der Waals surface area (Å²) in [5.74, 6) is 1.55. The lowest BCUT2D eigenvalue weighted by Gasteiger charge is -2.35. The maximum Gasteiger partial charge on any atom is 0.0580 e. The van der Waals surface area contributed by atoms with E-state index in [-0.39, 0.29) is 6.10 Å². The van der Waals surface area contributed by atoms with E-state index >= 15 is 0 Å². The van der Waals surface area contributed by atoms with Crippen LogP contribution in [0.25, 0.3) is 0 Å². The fourth-order valence-electron chi connectivity index (χ4n) is 4.66. The van der Waals surface area contributed by atoms with Crippen molar-refractivity contribution in [2.24, 2.45) is 11.8 Å². The highest BCUT2D eigenvalue weighted by molar-refractivity contribution is 4.89. The monoisotopic (exact) mass is 251 g/mol. The van der Waals surface area contributed by atoms with Crippen molar-refractivity contribution in [3.63, 3.8) is 0 Å². The number of hydrogen-bond donors (Lipinski definition) is 1. The molecule has 3 rings (SSSR count). The molecule has 18 heavy (non-hydrogen) atoms. The number of aliphatic hydroxyl groups is 1. The van der Waals surface area contributed by atoms with Crippen LogP contribution in [0.15, 0.2) is 0 Å². The van der Waals surface area contributed by atoms with E-state index in [1.807, 2.05) is 0 Å². The van der Waals surface area contributed by atoms with Crippen LogP contribution in [0.2, 0.25) is 0 Å². The van der Waals surface area contributed by atoms with E-state index in [4.69, 9.17) is 0 Å². The number of hydrogen-bond acceptors (Lipinski definition) is 2. The van der Waals surface area contributed by atoms with Crippen LogP contribution in [0.1, 0.15) is 64.2 Å². The van der Waals surface area contributed by atoms with Crippen LogP contribution in [0.4, 0.5) is 0 Å². The molecule has 0 radical (unpaired) electrons. The minimum absolute atomic E-state index is 0.0106. The lowest BCUT2D eigenvalue weighted by atomic mass is 9.85. The van der Waals surface area contributed by atoms with Gasteiger partial charge in [-0.25, -0.2) is 0 Å². The van der Waals surface area contributed by atoms with Crippen LogP contribution in [0.5, 0.6) is 0 Å². The molecular formula is C16H29NO. The Kier molecular flexibility index (Phi) is 4.25. The van der Waals surface area contributed by atoms with Gasteiger partial charge in [0.05, 0.1) is 6.10 Å². The molecule has 2 aliphatic carbocycles. The summed E-state index contributed by atoms with van der Waals surface area (Å²) < 4.78 is 0. The van der Waals surface area contributed by atoms with Crippen molar-refractivity contribution in [1.29, 1.82) is 0 Å². The first-order valence-corrected chi connectivity index (χ1v) is 8.27. The molecule has 3 unspecified atom stereocenters. The third-order valence-electron chi connectivity index (χ3n) is 5.70. The smallest absolute Gasteiger partial charge is 0.0580 e. The maximum absolute atomic E-state index is 10.2. The summed E-state index contributed by atoms with van der Waals surface area (Å²) in [6, 6.07) is 0.863. The molecule has 0 amide bonds. The van der Waals surface area contributed by atoms with E-state index in [1.165, 1.54) is 70.9 Å². The van der Waals surface area contributed by atoms with Crippen molar-refractivity contribution in [2.75, 3.05) is 13.1 Å². The van der Waals surface area contributed by atoms with Gasteiger partial charge in [0.25, 0.3) is 0 Å². The van der Waals surface area contributed by atoms with Crippen LogP contribution < -0.4 is 0 Å². The van der Waals surface area contributed by atoms with E-state index < -0.39 is 0 Å². The third-order valence-corrected chi connectivity index (χ3v) is 5.70. The molecule has 3 aliphatic rings. The Morgan fingerprint density at radius 3 is 2.33 bits per heavy atom. The van der Waals surface area contributed by atoms with Crippen molar-refractivity contribution >= 4 is 0 Å². The van der Waals surface area contributed by atoms with Crippen LogP contribution >= 0.6 is 0 Å². The van der Waals surface area contributed by atoms with Gasteiger partial charge >= 0.3 is 0 Å². The molecule has 104 valence electrons. The lowest BCUT2D eigenvalue weighted by molar-refractivity contribution is 0.0379. The lowest BCUT2D eigenvalue weighted by Crippen LogP contribution is -2.41. The number of likely N-dealkylation sites (tertiary alicyclic amines) is 1. The molecule has 2 nitrogen and oxygen atoms in total. The van der Waals surface area contributed by atoms with E-state index in [2.05, 4.69) is 4.90 Å². The predicted octanol–water partition coefficient (Wildman–Crippen LogP) is 3.19. The Balaban J connectivity index is 1.56. The predicted molar refractivity (Wildman–Crippen MR) is 74.5 cm³/mol. The van der Waals surface area contributed by atoms with Gasteiger partial charge in [-0.2, -0.15) is 0 Å². The van der Waals surface area contributed by atoms with Crippen molar-refractivity contribution < 1.29 is 5.11 Å². The van der Waals surface area contributed by atoms with Gasteiger partial charge in [0.2, 0.25) is 0 Å². The zero-order valence-electron chi connectivity index (χ0n) is 11.7. The molecule has 1 heterocycles. The summed E-state index contributed by atoms with van der Waals surface area (Å²) in [4.78, 5) is 2.75. The minimum Gasteiger partial charge on any atom is -0.393 e. The van der Waals surface area contributed by atoms with Gasteiger partial charge in [0.15, 0.2) is 0 Å². The Morgan fingerprint density at radius 2 is 1.56 bits per heavy atom. The van der Waals surface area contributed by atoms with Crippen LogP contribution in [0, 0.1) is 11.8 Å². The number of nitrogens with zero attached hydrogens (tertiary/aromatic N) is 1. The molecule has 1 saturated heterocycles. The fraction of sp³-hybridized carbons (Fsp3) is 1.00. The molecule has 1 N–H and O–H groups in total. The molecule has 3 atom stereocenters. The molecular weight excluding hydrogens is 222 g/mol. The van der Waals surface area contributed by atoms with E-state index in [0.717, 1.165) is 18.4 Å². The van der Waals surface area contributed by atoms with E-state index in [0.29, 0.717) is 5.92 Å². The molecule has 2 saturated carbocycles. The van der Waals surface area contributed by atoms with Crippen molar-refractivity contribution in [3.05, 3.63) is 0 Å². The Hall–Kier alpha value is -0.0800. The largest absolute Gasteiger partial charge is 0.393 e. The first-order valence-electron chi connectivity index (χ1n) is 8.27. The molecule has 0 aromatic rings. The maximum atomic E-state index is 10.2. The zero-order valence-corrected chi connectivity index (χ0v) is 11.7. The van der Waals surface area contributed by atoms with Gasteiger partial charge in [0, 0.05) is 12.6 Å². The summed E-state index contributed by atoms with van der Waals surface area (Å²) >= 11 is 0. The van der Waals surface area contributed by atoms with Crippen molar-refractivity contribution in [1.82, 2.24) is 4.90 Å². The Morgan fingerprint density at radius 1 is 0.833 bits per heavy atom. The second kappa shape index (κ2) is 5.92. The summed E-state index contributed by atoms with van der Waals surface area (Å²) in [5, 5.41) is 10.2. The number of aliphatic hydroxyl groups excluding tert-OH is 1. The number of rotatable bonds is 3. The summed E-state index contributed by atoms with van der Waals surface area (Å²) in [6.45, 7) is 2.48. The summed E-state index contributed by atoms with van der Waals surface area (Å²) in [6.07, 6.45) is 13.5. The Labute approximate surface area is 112 Å². The normalized spacial score (nSPS) is 39.5. The van der Waals surface area contributed by atoms with Gasteiger partial charge in [-0.3, -0.25) is 4.90 Å². The van der Waals surface area contributed by atoms with Crippen LogP contribution in [0.3, 0.4) is 0 Å². The first-order chi connectivity index (χ1) is 8.84. The molecule has 0 spiro atoms. The van der Waals surface area contributed by atoms with E-state index in [9.17, 15) is 5.11 Å². The Bertz CT molecular complexity index is 262.